The molecule has 1 atom stereocenters. The molecule has 0 fully saturated rings. The Balaban J connectivity index is 1.77. The van der Waals surface area contributed by atoms with Gasteiger partial charge in [-0.15, -0.1) is 0 Å². The van der Waals surface area contributed by atoms with Crippen molar-refractivity contribution in [2.24, 2.45) is 0 Å². The van der Waals surface area contributed by atoms with Gasteiger partial charge in [-0.05, 0) is 43.4 Å². The van der Waals surface area contributed by atoms with Crippen LogP contribution in [0.1, 0.15) is 30.9 Å². The Kier molecular flexibility index (Phi) is 6.67. The van der Waals surface area contributed by atoms with E-state index in [2.05, 4.69) is 17.4 Å². The van der Waals surface area contributed by atoms with Crippen LogP contribution in [0.25, 0.3) is 0 Å². The third-order valence-electron chi connectivity index (χ3n) is 3.81. The largest absolute Gasteiger partial charge is 0.480 e. The lowest BCUT2D eigenvalue weighted by atomic mass is 10.1. The van der Waals surface area contributed by atoms with E-state index in [0.29, 0.717) is 13.0 Å². The van der Waals surface area contributed by atoms with Gasteiger partial charge in [-0.3, -0.25) is 4.79 Å². The van der Waals surface area contributed by atoms with Crippen molar-refractivity contribution in [2.45, 2.75) is 39.2 Å². The van der Waals surface area contributed by atoms with Gasteiger partial charge in [0.15, 0.2) is 6.10 Å². The molecule has 1 N–H and O–H groups in total. The lowest BCUT2D eigenvalue weighted by Gasteiger charge is -2.18. The number of ether oxygens (including phenoxy) is 1. The lowest BCUT2D eigenvalue weighted by molar-refractivity contribution is -0.128. The minimum Gasteiger partial charge on any atom is -0.480 e. The van der Waals surface area contributed by atoms with Crippen molar-refractivity contribution in [3.05, 3.63) is 65.7 Å². The maximum atomic E-state index is 12.3. The summed E-state index contributed by atoms with van der Waals surface area (Å²) in [5.41, 5.74) is 2.34. The maximum absolute atomic E-state index is 12.3. The van der Waals surface area contributed by atoms with Crippen LogP contribution in [0.3, 0.4) is 0 Å². The zero-order valence-electron chi connectivity index (χ0n) is 13.9. The van der Waals surface area contributed by atoms with E-state index in [4.69, 9.17) is 4.74 Å². The Bertz CT molecular complexity index is 610. The van der Waals surface area contributed by atoms with E-state index >= 15 is 0 Å². The second-order valence-electron chi connectivity index (χ2n) is 5.66. The number of hydrogen-bond acceptors (Lipinski definition) is 2. The number of nitrogens with one attached hydrogen (secondary N) is 1. The van der Waals surface area contributed by atoms with Crippen molar-refractivity contribution in [1.29, 1.82) is 0 Å². The van der Waals surface area contributed by atoms with E-state index in [9.17, 15) is 4.79 Å². The zero-order valence-corrected chi connectivity index (χ0v) is 13.9. The molecule has 23 heavy (non-hydrogen) atoms. The van der Waals surface area contributed by atoms with Crippen LogP contribution >= 0.6 is 0 Å². The van der Waals surface area contributed by atoms with Crippen LogP contribution in [-0.4, -0.2) is 18.6 Å². The molecule has 0 bridgehead atoms. The maximum Gasteiger partial charge on any atom is 0.261 e. The fraction of sp³-hybridized carbons (Fsp3) is 0.350. The van der Waals surface area contributed by atoms with Crippen molar-refractivity contribution in [2.75, 3.05) is 6.54 Å². The Labute approximate surface area is 138 Å². The number of rotatable bonds is 8. The van der Waals surface area contributed by atoms with Crippen LogP contribution in [-0.2, 0) is 11.2 Å². The highest BCUT2D eigenvalue weighted by atomic mass is 16.5. The summed E-state index contributed by atoms with van der Waals surface area (Å²) in [6.07, 6.45) is 2.11. The van der Waals surface area contributed by atoms with E-state index in [0.717, 1.165) is 24.2 Å². The van der Waals surface area contributed by atoms with Gasteiger partial charge in [0.2, 0.25) is 0 Å². The van der Waals surface area contributed by atoms with Crippen LogP contribution in [0.4, 0.5) is 0 Å². The van der Waals surface area contributed by atoms with Crippen molar-refractivity contribution < 1.29 is 9.53 Å². The van der Waals surface area contributed by atoms with Gasteiger partial charge in [0.25, 0.3) is 5.91 Å². The van der Waals surface area contributed by atoms with Gasteiger partial charge in [-0.2, -0.15) is 0 Å². The van der Waals surface area contributed by atoms with Gasteiger partial charge in [0.05, 0.1) is 0 Å². The lowest BCUT2D eigenvalue weighted by Crippen LogP contribution is -2.38. The van der Waals surface area contributed by atoms with Crippen LogP contribution < -0.4 is 10.1 Å². The number of para-hydroxylation sites is 1. The first kappa shape index (κ1) is 17.1. The summed E-state index contributed by atoms with van der Waals surface area (Å²) in [4.78, 5) is 12.3. The summed E-state index contributed by atoms with van der Waals surface area (Å²) >= 11 is 0. The molecule has 0 radical (unpaired) electrons. The van der Waals surface area contributed by atoms with Crippen molar-refractivity contribution >= 4 is 5.91 Å². The molecule has 0 unspecified atom stereocenters. The number of benzene rings is 2. The van der Waals surface area contributed by atoms with Crippen LogP contribution in [0.2, 0.25) is 0 Å². The zero-order chi connectivity index (χ0) is 16.5. The molecular weight excluding hydrogens is 286 g/mol. The summed E-state index contributed by atoms with van der Waals surface area (Å²) in [6, 6.07) is 18.1. The summed E-state index contributed by atoms with van der Waals surface area (Å²) < 4.78 is 5.86. The van der Waals surface area contributed by atoms with Gasteiger partial charge >= 0.3 is 0 Å². The number of carbonyl (C=O) groups excluding carboxylic acids is 1. The van der Waals surface area contributed by atoms with E-state index in [1.807, 2.05) is 56.3 Å². The highest BCUT2D eigenvalue weighted by Crippen LogP contribution is 2.18. The Hall–Kier alpha value is -2.29. The molecule has 3 nitrogen and oxygen atoms in total. The quantitative estimate of drug-likeness (QED) is 0.751. The number of aryl methyl sites for hydroxylation is 2. The van der Waals surface area contributed by atoms with Crippen molar-refractivity contribution in [3.63, 3.8) is 0 Å². The standard InChI is InChI=1S/C20H25NO2/c1-3-18(23-19-14-8-7-10-16(19)2)20(22)21-15-9-13-17-11-5-4-6-12-17/h4-8,10-12,14,18H,3,9,13,15H2,1-2H3,(H,21,22)/t18-/m1/s1. The van der Waals surface area contributed by atoms with Gasteiger partial charge in [-0.1, -0.05) is 55.5 Å². The first-order valence-corrected chi connectivity index (χ1v) is 8.24. The number of carbonyl (C=O) groups is 1. The second kappa shape index (κ2) is 8.99. The highest BCUT2D eigenvalue weighted by molar-refractivity contribution is 5.81. The predicted octanol–water partition coefficient (Wildman–Crippen LogP) is 3.90. The van der Waals surface area contributed by atoms with E-state index < -0.39 is 6.10 Å². The molecule has 0 spiro atoms. The first-order chi connectivity index (χ1) is 11.2. The summed E-state index contributed by atoms with van der Waals surface area (Å²) in [6.45, 7) is 4.62. The smallest absolute Gasteiger partial charge is 0.261 e. The molecule has 0 saturated heterocycles. The molecule has 0 heterocycles. The SMILES string of the molecule is CC[C@@H](Oc1ccccc1C)C(=O)NCCCc1ccccc1. The topological polar surface area (TPSA) is 38.3 Å². The van der Waals surface area contributed by atoms with Crippen molar-refractivity contribution in [1.82, 2.24) is 5.32 Å². The van der Waals surface area contributed by atoms with Gasteiger partial charge in [0.1, 0.15) is 5.75 Å². The molecule has 0 aromatic heterocycles. The molecule has 3 heteroatoms. The van der Waals surface area contributed by atoms with Crippen LogP contribution in [0.5, 0.6) is 5.75 Å². The number of hydrogen-bond donors (Lipinski definition) is 1. The summed E-state index contributed by atoms with van der Waals surface area (Å²) in [7, 11) is 0. The molecule has 1 amide bonds. The van der Waals surface area contributed by atoms with E-state index in [1.54, 1.807) is 0 Å². The molecule has 2 rings (SSSR count). The molecule has 0 aliphatic heterocycles. The monoisotopic (exact) mass is 311 g/mol. The highest BCUT2D eigenvalue weighted by Gasteiger charge is 2.18. The fourth-order valence-corrected chi connectivity index (χ4v) is 2.43. The molecule has 0 aliphatic rings. The second-order valence-corrected chi connectivity index (χ2v) is 5.66. The van der Waals surface area contributed by atoms with Gasteiger partial charge in [0, 0.05) is 6.54 Å². The average molecular weight is 311 g/mol. The van der Waals surface area contributed by atoms with E-state index in [-0.39, 0.29) is 5.91 Å². The molecule has 2 aromatic carbocycles. The Morgan fingerprint density at radius 2 is 1.78 bits per heavy atom. The summed E-state index contributed by atoms with van der Waals surface area (Å²) in [5.74, 6) is 0.739. The minimum atomic E-state index is -0.437. The van der Waals surface area contributed by atoms with Crippen LogP contribution in [0, 0.1) is 6.92 Å². The molecule has 0 aliphatic carbocycles. The number of amides is 1. The van der Waals surface area contributed by atoms with Crippen molar-refractivity contribution in [3.8, 4) is 5.75 Å². The summed E-state index contributed by atoms with van der Waals surface area (Å²) in [5, 5.41) is 2.98. The van der Waals surface area contributed by atoms with E-state index in [1.165, 1.54) is 5.56 Å². The third kappa shape index (κ3) is 5.44. The van der Waals surface area contributed by atoms with Gasteiger partial charge in [-0.25, -0.2) is 0 Å². The fourth-order valence-electron chi connectivity index (χ4n) is 2.43. The predicted molar refractivity (Wildman–Crippen MR) is 93.7 cm³/mol. The minimum absolute atomic E-state index is 0.0381. The molecule has 2 aromatic rings. The molecular formula is C20H25NO2. The molecule has 0 saturated carbocycles. The first-order valence-electron chi connectivity index (χ1n) is 8.24. The van der Waals surface area contributed by atoms with Gasteiger partial charge < -0.3 is 10.1 Å². The normalized spacial score (nSPS) is 11.7. The Morgan fingerprint density at radius 3 is 2.48 bits per heavy atom. The average Bonchev–Trinajstić information content (AvgIpc) is 2.59. The Morgan fingerprint density at radius 1 is 1.09 bits per heavy atom. The van der Waals surface area contributed by atoms with Crippen LogP contribution in [0.15, 0.2) is 54.6 Å². The molecule has 122 valence electrons. The third-order valence-corrected chi connectivity index (χ3v) is 3.81.